The summed E-state index contributed by atoms with van der Waals surface area (Å²) in [6, 6.07) is 3.90. The van der Waals surface area contributed by atoms with E-state index in [1.54, 1.807) is 12.5 Å². The summed E-state index contributed by atoms with van der Waals surface area (Å²) < 4.78 is 14.8. The van der Waals surface area contributed by atoms with Crippen LogP contribution in [0.2, 0.25) is 0 Å². The predicted octanol–water partition coefficient (Wildman–Crippen LogP) is 1.03. The van der Waals surface area contributed by atoms with E-state index in [-0.39, 0.29) is 11.6 Å². The molecule has 1 heterocycles. The van der Waals surface area contributed by atoms with Crippen LogP contribution in [0, 0.1) is 5.82 Å². The van der Waals surface area contributed by atoms with Crippen molar-refractivity contribution in [2.24, 2.45) is 0 Å². The average Bonchev–Trinajstić information content (AvgIpc) is 2.85. The van der Waals surface area contributed by atoms with Gasteiger partial charge >= 0.3 is 0 Å². The number of nitrogen functional groups attached to an aromatic ring is 1. The Labute approximate surface area is 103 Å². The second-order valence-electron chi connectivity index (χ2n) is 3.79. The molecule has 1 amide bonds. The largest absolute Gasteiger partial charge is 0.396 e. The molecule has 0 saturated carbocycles. The summed E-state index contributed by atoms with van der Waals surface area (Å²) in [7, 11) is 0. The number of nitrogens with zero attached hydrogens (tertiary/aromatic N) is 2. The molecule has 0 saturated heterocycles. The first-order valence-corrected chi connectivity index (χ1v) is 5.46. The van der Waals surface area contributed by atoms with Crippen molar-refractivity contribution in [2.45, 2.75) is 6.54 Å². The number of amides is 1. The molecule has 2 rings (SSSR count). The van der Waals surface area contributed by atoms with Crippen molar-refractivity contribution in [1.82, 2.24) is 14.9 Å². The second-order valence-corrected chi connectivity index (χ2v) is 3.79. The van der Waals surface area contributed by atoms with Crippen molar-refractivity contribution in [2.75, 3.05) is 12.3 Å². The normalized spacial score (nSPS) is 10.3. The number of aromatic nitrogens is 2. The minimum Gasteiger partial charge on any atom is -0.396 e. The van der Waals surface area contributed by atoms with Crippen molar-refractivity contribution in [1.29, 1.82) is 0 Å². The first-order chi connectivity index (χ1) is 8.66. The van der Waals surface area contributed by atoms with Crippen LogP contribution in [-0.4, -0.2) is 22.0 Å². The van der Waals surface area contributed by atoms with Crippen molar-refractivity contribution in [3.05, 3.63) is 48.3 Å². The van der Waals surface area contributed by atoms with E-state index < -0.39 is 5.82 Å². The molecule has 1 aromatic heterocycles. The van der Waals surface area contributed by atoms with Gasteiger partial charge in [0.15, 0.2) is 0 Å². The molecule has 0 atom stereocenters. The number of anilines is 1. The highest BCUT2D eigenvalue weighted by Crippen LogP contribution is 2.11. The number of hydrogen-bond donors (Lipinski definition) is 2. The molecule has 0 aliphatic carbocycles. The third-order valence-electron chi connectivity index (χ3n) is 2.47. The van der Waals surface area contributed by atoms with Gasteiger partial charge in [0.05, 0.1) is 12.0 Å². The zero-order valence-electron chi connectivity index (χ0n) is 9.64. The topological polar surface area (TPSA) is 72.9 Å². The molecule has 6 heteroatoms. The fourth-order valence-electron chi connectivity index (χ4n) is 1.50. The van der Waals surface area contributed by atoms with E-state index in [0.29, 0.717) is 18.7 Å². The second kappa shape index (κ2) is 5.31. The van der Waals surface area contributed by atoms with Crippen LogP contribution in [0.3, 0.4) is 0 Å². The molecular weight excluding hydrogens is 235 g/mol. The first kappa shape index (κ1) is 12.1. The van der Waals surface area contributed by atoms with E-state index in [1.165, 1.54) is 18.2 Å². The summed E-state index contributed by atoms with van der Waals surface area (Å²) in [6.07, 6.45) is 5.15. The van der Waals surface area contributed by atoms with Gasteiger partial charge in [-0.05, 0) is 18.2 Å². The van der Waals surface area contributed by atoms with E-state index in [2.05, 4.69) is 10.3 Å². The lowest BCUT2D eigenvalue weighted by Gasteiger charge is -2.06. The van der Waals surface area contributed by atoms with Gasteiger partial charge in [0, 0.05) is 31.0 Å². The van der Waals surface area contributed by atoms with Crippen molar-refractivity contribution < 1.29 is 9.18 Å². The van der Waals surface area contributed by atoms with E-state index in [0.717, 1.165) is 0 Å². The van der Waals surface area contributed by atoms with Crippen molar-refractivity contribution in [3.8, 4) is 0 Å². The number of nitrogens with two attached hydrogens (primary N) is 1. The maximum Gasteiger partial charge on any atom is 0.251 e. The molecule has 0 radical (unpaired) electrons. The number of hydrogen-bond acceptors (Lipinski definition) is 3. The molecule has 0 bridgehead atoms. The highest BCUT2D eigenvalue weighted by molar-refractivity contribution is 5.94. The zero-order chi connectivity index (χ0) is 13.0. The van der Waals surface area contributed by atoms with Gasteiger partial charge in [0.1, 0.15) is 5.82 Å². The molecule has 0 spiro atoms. The highest BCUT2D eigenvalue weighted by Gasteiger charge is 2.07. The van der Waals surface area contributed by atoms with E-state index >= 15 is 0 Å². The molecule has 94 valence electrons. The Kier molecular flexibility index (Phi) is 3.57. The van der Waals surface area contributed by atoms with Crippen LogP contribution >= 0.6 is 0 Å². The number of rotatable bonds is 4. The van der Waals surface area contributed by atoms with Gasteiger partial charge in [-0.25, -0.2) is 9.37 Å². The predicted molar refractivity (Wildman–Crippen MR) is 65.4 cm³/mol. The Hall–Kier alpha value is -2.37. The Bertz CT molecular complexity index is 539. The SMILES string of the molecule is Nc1cc(C(=O)NCCn2ccnc2)ccc1F. The van der Waals surface area contributed by atoms with Gasteiger partial charge in [0.2, 0.25) is 0 Å². The minimum atomic E-state index is -0.523. The zero-order valence-corrected chi connectivity index (χ0v) is 9.64. The summed E-state index contributed by atoms with van der Waals surface area (Å²) in [4.78, 5) is 15.6. The molecule has 2 aromatic rings. The number of benzene rings is 1. The monoisotopic (exact) mass is 248 g/mol. The summed E-state index contributed by atoms with van der Waals surface area (Å²) in [5, 5.41) is 2.72. The number of carbonyl (C=O) groups is 1. The molecule has 1 aromatic carbocycles. The summed E-state index contributed by atoms with van der Waals surface area (Å²) in [6.45, 7) is 1.09. The Morgan fingerprint density at radius 3 is 3.00 bits per heavy atom. The van der Waals surface area contributed by atoms with E-state index in [4.69, 9.17) is 5.73 Å². The minimum absolute atomic E-state index is 0.0303. The molecule has 0 aliphatic heterocycles. The van der Waals surface area contributed by atoms with Crippen LogP contribution in [0.25, 0.3) is 0 Å². The smallest absolute Gasteiger partial charge is 0.251 e. The Morgan fingerprint density at radius 1 is 1.50 bits per heavy atom. The van der Waals surface area contributed by atoms with Crippen LogP contribution in [-0.2, 0) is 6.54 Å². The lowest BCUT2D eigenvalue weighted by molar-refractivity contribution is 0.0952. The van der Waals surface area contributed by atoms with Gasteiger partial charge in [-0.1, -0.05) is 0 Å². The third kappa shape index (κ3) is 2.85. The maximum atomic E-state index is 12.9. The van der Waals surface area contributed by atoms with Crippen molar-refractivity contribution in [3.63, 3.8) is 0 Å². The van der Waals surface area contributed by atoms with Crippen LogP contribution in [0.15, 0.2) is 36.9 Å². The standard InChI is InChI=1S/C12H13FN4O/c13-10-2-1-9(7-11(10)14)12(18)16-4-6-17-5-3-15-8-17/h1-3,5,7-8H,4,6,14H2,(H,16,18). The Balaban J connectivity index is 1.89. The molecule has 5 nitrogen and oxygen atoms in total. The van der Waals surface area contributed by atoms with Gasteiger partial charge in [0.25, 0.3) is 5.91 Å². The van der Waals surface area contributed by atoms with E-state index in [9.17, 15) is 9.18 Å². The van der Waals surface area contributed by atoms with Gasteiger partial charge in [-0.3, -0.25) is 4.79 Å². The maximum absolute atomic E-state index is 12.9. The van der Waals surface area contributed by atoms with Gasteiger partial charge in [-0.15, -0.1) is 0 Å². The van der Waals surface area contributed by atoms with Gasteiger partial charge < -0.3 is 15.6 Å². The number of nitrogens with one attached hydrogen (secondary N) is 1. The summed E-state index contributed by atoms with van der Waals surface area (Å²) in [5.74, 6) is -0.799. The quantitative estimate of drug-likeness (QED) is 0.794. The summed E-state index contributed by atoms with van der Waals surface area (Å²) >= 11 is 0. The lowest BCUT2D eigenvalue weighted by Crippen LogP contribution is -2.27. The molecule has 3 N–H and O–H groups in total. The lowest BCUT2D eigenvalue weighted by atomic mass is 10.2. The molecule has 0 aliphatic rings. The van der Waals surface area contributed by atoms with E-state index in [1.807, 2.05) is 10.8 Å². The fraction of sp³-hybridized carbons (Fsp3) is 0.167. The van der Waals surface area contributed by atoms with Crippen LogP contribution in [0.1, 0.15) is 10.4 Å². The molecule has 0 unspecified atom stereocenters. The number of carbonyl (C=O) groups excluding carboxylic acids is 1. The highest BCUT2D eigenvalue weighted by atomic mass is 19.1. The van der Waals surface area contributed by atoms with Gasteiger partial charge in [-0.2, -0.15) is 0 Å². The fourth-order valence-corrected chi connectivity index (χ4v) is 1.50. The number of halogens is 1. The van der Waals surface area contributed by atoms with Crippen LogP contribution < -0.4 is 11.1 Å². The molecular formula is C12H13FN4O. The molecule has 0 fully saturated rings. The average molecular weight is 248 g/mol. The number of imidazole rings is 1. The van der Waals surface area contributed by atoms with Crippen LogP contribution in [0.5, 0.6) is 0 Å². The first-order valence-electron chi connectivity index (χ1n) is 5.46. The third-order valence-corrected chi connectivity index (χ3v) is 2.47. The van der Waals surface area contributed by atoms with Crippen molar-refractivity contribution >= 4 is 11.6 Å². The Morgan fingerprint density at radius 2 is 2.33 bits per heavy atom. The van der Waals surface area contributed by atoms with Crippen LogP contribution in [0.4, 0.5) is 10.1 Å². The summed E-state index contributed by atoms with van der Waals surface area (Å²) in [5.41, 5.74) is 5.71. The molecule has 18 heavy (non-hydrogen) atoms.